The molecule has 3 heteroatoms. The first kappa shape index (κ1) is 16.9. The summed E-state index contributed by atoms with van der Waals surface area (Å²) in [7, 11) is 0. The van der Waals surface area contributed by atoms with Gasteiger partial charge < -0.3 is 8.83 Å². The summed E-state index contributed by atoms with van der Waals surface area (Å²) in [4.78, 5) is 1.22. The Hall–Kier alpha value is -3.82. The summed E-state index contributed by atoms with van der Waals surface area (Å²) in [5.41, 5.74) is 4.96. The second kappa shape index (κ2) is 6.34. The number of rotatable bonds is 2. The van der Waals surface area contributed by atoms with E-state index in [1.165, 1.54) is 20.5 Å². The zero-order valence-corrected chi connectivity index (χ0v) is 17.3. The Morgan fingerprint density at radius 1 is 0.581 bits per heavy atom. The molecule has 0 aliphatic carbocycles. The topological polar surface area (TPSA) is 26.3 Å². The first-order chi connectivity index (χ1) is 15.3. The van der Waals surface area contributed by atoms with Crippen molar-refractivity contribution in [1.82, 2.24) is 0 Å². The van der Waals surface area contributed by atoms with Gasteiger partial charge in [-0.15, -0.1) is 11.3 Å². The van der Waals surface area contributed by atoms with Crippen LogP contribution < -0.4 is 0 Å². The molecule has 0 fully saturated rings. The summed E-state index contributed by atoms with van der Waals surface area (Å²) in [6.07, 6.45) is 0. The van der Waals surface area contributed by atoms with Gasteiger partial charge in [0.05, 0.1) is 0 Å². The Balaban J connectivity index is 1.63. The molecule has 7 aromatic rings. The van der Waals surface area contributed by atoms with E-state index in [0.717, 1.165) is 44.2 Å². The molecule has 3 heterocycles. The van der Waals surface area contributed by atoms with E-state index in [4.69, 9.17) is 8.83 Å². The number of hydrogen-bond donors (Lipinski definition) is 0. The minimum atomic E-state index is 0.876. The van der Waals surface area contributed by atoms with E-state index >= 15 is 0 Å². The Kier molecular flexibility index (Phi) is 3.46. The monoisotopic (exact) mass is 416 g/mol. The predicted molar refractivity (Wildman–Crippen MR) is 130 cm³/mol. The van der Waals surface area contributed by atoms with E-state index < -0.39 is 0 Å². The smallest absolute Gasteiger partial charge is 0.136 e. The van der Waals surface area contributed by atoms with Gasteiger partial charge in [-0.3, -0.25) is 0 Å². The minimum absolute atomic E-state index is 0.876. The van der Waals surface area contributed by atoms with Crippen LogP contribution in [0.3, 0.4) is 0 Å². The number of hydrogen-bond acceptors (Lipinski definition) is 3. The summed E-state index contributed by atoms with van der Waals surface area (Å²) < 4.78 is 13.8. The average Bonchev–Trinajstić information content (AvgIpc) is 3.52. The molecule has 4 aromatic carbocycles. The summed E-state index contributed by atoms with van der Waals surface area (Å²) in [5.74, 6) is 0.876. The van der Waals surface area contributed by atoms with Crippen LogP contribution in [0, 0.1) is 0 Å². The number of furan rings is 2. The maximum Gasteiger partial charge on any atom is 0.136 e. The zero-order chi connectivity index (χ0) is 20.4. The maximum absolute atomic E-state index is 6.30. The third-order valence-electron chi connectivity index (χ3n) is 5.91. The lowest BCUT2D eigenvalue weighted by atomic mass is 9.97. The van der Waals surface area contributed by atoms with Crippen molar-refractivity contribution in [3.05, 3.63) is 97.1 Å². The number of thiophene rings is 1. The number of para-hydroxylation sites is 2. The fourth-order valence-corrected chi connectivity index (χ4v) is 5.63. The van der Waals surface area contributed by atoms with Crippen LogP contribution in [0.4, 0.5) is 0 Å². The van der Waals surface area contributed by atoms with Crippen molar-refractivity contribution in [2.75, 3.05) is 0 Å². The molecule has 0 amide bonds. The molecule has 146 valence electrons. The highest BCUT2D eigenvalue weighted by Crippen LogP contribution is 2.46. The molecule has 0 radical (unpaired) electrons. The van der Waals surface area contributed by atoms with Crippen molar-refractivity contribution < 1.29 is 8.83 Å². The quantitative estimate of drug-likeness (QED) is 0.281. The van der Waals surface area contributed by atoms with Crippen LogP contribution in [0.5, 0.6) is 0 Å². The second-order valence-corrected chi connectivity index (χ2v) is 8.84. The normalized spacial score (nSPS) is 11.9. The molecule has 2 nitrogen and oxygen atoms in total. The van der Waals surface area contributed by atoms with E-state index in [0.29, 0.717) is 0 Å². The molecular formula is C28H16O2S. The fraction of sp³-hybridized carbons (Fsp3) is 0. The van der Waals surface area contributed by atoms with Crippen molar-refractivity contribution in [3.8, 4) is 21.8 Å². The molecule has 7 rings (SSSR count). The third kappa shape index (κ3) is 2.50. The first-order valence-corrected chi connectivity index (χ1v) is 11.1. The van der Waals surface area contributed by atoms with Crippen LogP contribution in [0.1, 0.15) is 0 Å². The Morgan fingerprint density at radius 2 is 1.35 bits per heavy atom. The fourth-order valence-electron chi connectivity index (χ4n) is 4.50. The maximum atomic E-state index is 6.30. The van der Waals surface area contributed by atoms with Gasteiger partial charge in [-0.2, -0.15) is 0 Å². The summed E-state index contributed by atoms with van der Waals surface area (Å²) >= 11 is 1.81. The van der Waals surface area contributed by atoms with Gasteiger partial charge in [0, 0.05) is 36.9 Å². The highest BCUT2D eigenvalue weighted by Gasteiger charge is 2.21. The Morgan fingerprint density at radius 3 is 2.23 bits per heavy atom. The molecule has 0 N–H and O–H groups in total. The Bertz CT molecular complexity index is 1680. The summed E-state index contributed by atoms with van der Waals surface area (Å²) in [6.45, 7) is 0. The highest BCUT2D eigenvalue weighted by molar-refractivity contribution is 7.22. The van der Waals surface area contributed by atoms with Crippen LogP contribution in [0.2, 0.25) is 0 Å². The minimum Gasteiger partial charge on any atom is -0.456 e. The molecule has 0 spiro atoms. The molecule has 3 aromatic heterocycles. The van der Waals surface area contributed by atoms with Crippen LogP contribution in [0.25, 0.3) is 64.8 Å². The van der Waals surface area contributed by atoms with Gasteiger partial charge in [0.15, 0.2) is 0 Å². The standard InChI is InChI=1S/C28H16O2S/c1-4-10-21-17(7-1)15-24(29-21)20-13-14-23-27(19-9-3-5-11-22(19)30-23)28(20)26-16-18-8-2-6-12-25(18)31-26/h1-16H. The molecular weight excluding hydrogens is 400 g/mol. The number of fused-ring (bicyclic) bond motifs is 5. The van der Waals surface area contributed by atoms with Crippen LogP contribution >= 0.6 is 11.3 Å². The average molecular weight is 417 g/mol. The van der Waals surface area contributed by atoms with Crippen molar-refractivity contribution in [3.63, 3.8) is 0 Å². The van der Waals surface area contributed by atoms with Gasteiger partial charge >= 0.3 is 0 Å². The van der Waals surface area contributed by atoms with Crippen molar-refractivity contribution >= 4 is 54.3 Å². The van der Waals surface area contributed by atoms with Crippen molar-refractivity contribution in [2.45, 2.75) is 0 Å². The van der Waals surface area contributed by atoms with E-state index in [1.807, 2.05) is 41.7 Å². The van der Waals surface area contributed by atoms with E-state index in [-0.39, 0.29) is 0 Å². The van der Waals surface area contributed by atoms with Gasteiger partial charge in [0.25, 0.3) is 0 Å². The van der Waals surface area contributed by atoms with E-state index in [1.54, 1.807) is 0 Å². The molecule has 0 unspecified atom stereocenters. The SMILES string of the molecule is c1ccc2oc(-c3ccc4oc5ccccc5c4c3-c3cc4ccccc4s3)cc2c1. The lowest BCUT2D eigenvalue weighted by molar-refractivity contribution is 0.632. The summed E-state index contributed by atoms with van der Waals surface area (Å²) in [6, 6.07) is 33.6. The van der Waals surface area contributed by atoms with E-state index in [9.17, 15) is 0 Å². The third-order valence-corrected chi connectivity index (χ3v) is 7.04. The largest absolute Gasteiger partial charge is 0.456 e. The van der Waals surface area contributed by atoms with Gasteiger partial charge in [0.2, 0.25) is 0 Å². The number of benzene rings is 4. The van der Waals surface area contributed by atoms with Gasteiger partial charge in [-0.1, -0.05) is 54.6 Å². The van der Waals surface area contributed by atoms with Crippen LogP contribution in [0.15, 0.2) is 106 Å². The van der Waals surface area contributed by atoms with E-state index in [2.05, 4.69) is 66.7 Å². The molecule has 0 aliphatic rings. The second-order valence-electron chi connectivity index (χ2n) is 7.76. The summed E-state index contributed by atoms with van der Waals surface area (Å²) in [5, 5.41) is 4.63. The Labute approximate surface area is 182 Å². The van der Waals surface area contributed by atoms with Gasteiger partial charge in [-0.25, -0.2) is 0 Å². The lowest BCUT2D eigenvalue weighted by Gasteiger charge is -2.08. The van der Waals surface area contributed by atoms with Crippen LogP contribution in [-0.2, 0) is 0 Å². The van der Waals surface area contributed by atoms with Crippen molar-refractivity contribution in [1.29, 1.82) is 0 Å². The predicted octanol–water partition coefficient (Wildman–Crippen LogP) is 8.88. The highest BCUT2D eigenvalue weighted by atomic mass is 32.1. The molecule has 0 saturated carbocycles. The van der Waals surface area contributed by atoms with Gasteiger partial charge in [0.1, 0.15) is 22.5 Å². The lowest BCUT2D eigenvalue weighted by Crippen LogP contribution is -1.83. The molecule has 31 heavy (non-hydrogen) atoms. The van der Waals surface area contributed by atoms with Crippen LogP contribution in [-0.4, -0.2) is 0 Å². The van der Waals surface area contributed by atoms with Crippen molar-refractivity contribution in [2.24, 2.45) is 0 Å². The first-order valence-electron chi connectivity index (χ1n) is 10.3. The van der Waals surface area contributed by atoms with Gasteiger partial charge in [-0.05, 0) is 47.9 Å². The molecule has 0 atom stereocenters. The zero-order valence-electron chi connectivity index (χ0n) is 16.5. The molecule has 0 bridgehead atoms. The molecule has 0 aliphatic heterocycles. The molecule has 0 saturated heterocycles.